The second-order valence-corrected chi connectivity index (χ2v) is 7.42. The average Bonchev–Trinajstić information content (AvgIpc) is 2.98. The lowest BCUT2D eigenvalue weighted by Gasteiger charge is -2.20. The van der Waals surface area contributed by atoms with Crippen LogP contribution >= 0.6 is 23.4 Å². The lowest BCUT2D eigenvalue weighted by molar-refractivity contribution is -0.116. The zero-order valence-corrected chi connectivity index (χ0v) is 15.8. The van der Waals surface area contributed by atoms with Crippen LogP contribution in [0, 0.1) is 6.92 Å². The summed E-state index contributed by atoms with van der Waals surface area (Å²) in [5, 5.41) is 3.02. The van der Waals surface area contributed by atoms with Crippen molar-refractivity contribution < 1.29 is 9.59 Å². The maximum Gasteiger partial charge on any atom is 0.254 e. The van der Waals surface area contributed by atoms with E-state index in [1.807, 2.05) is 31.2 Å². The maximum atomic E-state index is 12.4. The molecule has 1 aromatic heterocycles. The minimum atomic E-state index is -0.469. The number of nitrogens with zero attached hydrogens (tertiary/aromatic N) is 3. The first-order valence-electron chi connectivity index (χ1n) is 7.98. The van der Waals surface area contributed by atoms with Crippen molar-refractivity contribution >= 4 is 51.7 Å². The molecule has 2 amide bonds. The fourth-order valence-corrected chi connectivity index (χ4v) is 3.45. The smallest absolute Gasteiger partial charge is 0.254 e. The molecule has 0 saturated carbocycles. The predicted octanol–water partition coefficient (Wildman–Crippen LogP) is 3.51. The second kappa shape index (κ2) is 7.88. The van der Waals surface area contributed by atoms with Crippen LogP contribution in [0.4, 0.5) is 11.4 Å². The van der Waals surface area contributed by atoms with Crippen molar-refractivity contribution in [2.24, 2.45) is 4.99 Å². The molecule has 3 rings (SSSR count). The Morgan fingerprint density at radius 3 is 2.73 bits per heavy atom. The number of aliphatic imine (C=N–C) groups is 1. The van der Waals surface area contributed by atoms with Crippen LogP contribution in [0.5, 0.6) is 0 Å². The number of amides is 2. The molecule has 2 heterocycles. The molecule has 6 nitrogen and oxygen atoms in total. The monoisotopic (exact) mass is 388 g/mol. The minimum absolute atomic E-state index is 0.0823. The van der Waals surface area contributed by atoms with Gasteiger partial charge in [0.05, 0.1) is 16.6 Å². The zero-order valence-electron chi connectivity index (χ0n) is 14.3. The summed E-state index contributed by atoms with van der Waals surface area (Å²) in [6.45, 7) is 3.82. The van der Waals surface area contributed by atoms with Gasteiger partial charge in [0.1, 0.15) is 6.54 Å². The Morgan fingerprint density at radius 2 is 2.04 bits per heavy atom. The molecule has 0 radical (unpaired) electrons. The number of pyridine rings is 1. The van der Waals surface area contributed by atoms with Crippen molar-refractivity contribution in [3.8, 4) is 0 Å². The van der Waals surface area contributed by atoms with Crippen LogP contribution in [0.1, 0.15) is 12.5 Å². The lowest BCUT2D eigenvalue weighted by atomic mass is 10.2. The molecule has 26 heavy (non-hydrogen) atoms. The van der Waals surface area contributed by atoms with E-state index in [0.29, 0.717) is 10.9 Å². The number of thioether (sulfide) groups is 1. The van der Waals surface area contributed by atoms with Crippen LogP contribution in [0.3, 0.4) is 0 Å². The van der Waals surface area contributed by atoms with Crippen LogP contribution < -0.4 is 10.2 Å². The molecule has 134 valence electrons. The summed E-state index contributed by atoms with van der Waals surface area (Å²) in [4.78, 5) is 34.4. The Kier molecular flexibility index (Phi) is 5.58. The van der Waals surface area contributed by atoms with Gasteiger partial charge < -0.3 is 5.32 Å². The highest BCUT2D eigenvalue weighted by molar-refractivity contribution is 8.15. The van der Waals surface area contributed by atoms with Gasteiger partial charge in [-0.3, -0.25) is 19.5 Å². The van der Waals surface area contributed by atoms with Crippen LogP contribution in [-0.2, 0) is 9.59 Å². The number of hydrogen-bond acceptors (Lipinski definition) is 5. The van der Waals surface area contributed by atoms with Crippen molar-refractivity contribution in [3.05, 3.63) is 53.3 Å². The van der Waals surface area contributed by atoms with E-state index >= 15 is 0 Å². The highest BCUT2D eigenvalue weighted by Gasteiger charge is 2.30. The average molecular weight is 389 g/mol. The van der Waals surface area contributed by atoms with Crippen molar-refractivity contribution in [2.75, 3.05) is 16.8 Å². The van der Waals surface area contributed by atoms with Crippen molar-refractivity contribution in [3.63, 3.8) is 0 Å². The van der Waals surface area contributed by atoms with E-state index in [-0.39, 0.29) is 23.5 Å². The van der Waals surface area contributed by atoms with Gasteiger partial charge in [-0.25, -0.2) is 4.98 Å². The van der Waals surface area contributed by atoms with E-state index in [1.54, 1.807) is 30.2 Å². The van der Waals surface area contributed by atoms with Gasteiger partial charge in [0.15, 0.2) is 10.3 Å². The van der Waals surface area contributed by atoms with E-state index in [1.165, 1.54) is 11.8 Å². The van der Waals surface area contributed by atoms with E-state index < -0.39 is 5.25 Å². The Labute approximate surface area is 160 Å². The van der Waals surface area contributed by atoms with E-state index in [9.17, 15) is 9.59 Å². The summed E-state index contributed by atoms with van der Waals surface area (Å²) in [6.07, 6.45) is 1.55. The highest BCUT2D eigenvalue weighted by Crippen LogP contribution is 2.27. The quantitative estimate of drug-likeness (QED) is 0.813. The SMILES string of the molecule is Cc1ccc(N2C(=O)CN=C2S[C@@H](C)C(=O)Nc2cccnc2Cl)cc1. The predicted molar refractivity (Wildman–Crippen MR) is 106 cm³/mol. The molecule has 1 N–H and O–H groups in total. The van der Waals surface area contributed by atoms with Crippen molar-refractivity contribution in [1.82, 2.24) is 4.98 Å². The number of carbonyl (C=O) groups excluding carboxylic acids is 2. The normalized spacial score (nSPS) is 15.0. The number of halogens is 1. The minimum Gasteiger partial charge on any atom is -0.322 e. The third kappa shape index (κ3) is 4.05. The molecule has 0 spiro atoms. The Balaban J connectivity index is 1.70. The number of amidine groups is 1. The third-order valence-corrected chi connectivity index (χ3v) is 5.14. The van der Waals surface area contributed by atoms with Gasteiger partial charge in [-0.15, -0.1) is 0 Å². The molecule has 1 aliphatic rings. The third-order valence-electron chi connectivity index (χ3n) is 3.75. The summed E-state index contributed by atoms with van der Waals surface area (Å²) in [5.74, 6) is -0.352. The van der Waals surface area contributed by atoms with Gasteiger partial charge in [0.2, 0.25) is 5.91 Å². The molecule has 0 saturated heterocycles. The van der Waals surface area contributed by atoms with Gasteiger partial charge in [-0.2, -0.15) is 0 Å². The Hall–Kier alpha value is -2.38. The highest BCUT2D eigenvalue weighted by atomic mass is 35.5. The molecule has 0 aliphatic carbocycles. The molecular weight excluding hydrogens is 372 g/mol. The number of carbonyl (C=O) groups is 2. The first-order valence-corrected chi connectivity index (χ1v) is 9.23. The summed E-state index contributed by atoms with van der Waals surface area (Å²) in [5.41, 5.74) is 2.30. The van der Waals surface area contributed by atoms with Crippen LogP contribution in [0.2, 0.25) is 5.15 Å². The molecule has 2 aromatic rings. The van der Waals surface area contributed by atoms with Crippen molar-refractivity contribution in [2.45, 2.75) is 19.1 Å². The number of benzene rings is 1. The molecule has 0 bridgehead atoms. The molecular formula is C18H17ClN4O2S. The summed E-state index contributed by atoms with van der Waals surface area (Å²) >= 11 is 7.20. The van der Waals surface area contributed by atoms with Gasteiger partial charge in [0, 0.05) is 6.20 Å². The molecule has 1 atom stereocenters. The number of aryl methyl sites for hydroxylation is 1. The van der Waals surface area contributed by atoms with Gasteiger partial charge in [-0.1, -0.05) is 41.1 Å². The standard InChI is InChI=1S/C18H17ClN4O2S/c1-11-5-7-13(8-6-11)23-15(24)10-21-18(23)26-12(2)17(25)22-14-4-3-9-20-16(14)19/h3-9,12H,10H2,1-2H3,(H,22,25)/t12-/m0/s1. The van der Waals surface area contributed by atoms with E-state index in [2.05, 4.69) is 15.3 Å². The zero-order chi connectivity index (χ0) is 18.7. The van der Waals surface area contributed by atoms with Crippen LogP contribution in [-0.4, -0.2) is 33.8 Å². The Morgan fingerprint density at radius 1 is 1.31 bits per heavy atom. The first-order chi connectivity index (χ1) is 12.5. The van der Waals surface area contributed by atoms with E-state index in [0.717, 1.165) is 11.3 Å². The summed E-state index contributed by atoms with van der Waals surface area (Å²) in [6, 6.07) is 11.0. The second-order valence-electron chi connectivity index (χ2n) is 5.75. The Bertz CT molecular complexity index is 870. The maximum absolute atomic E-state index is 12.4. The largest absolute Gasteiger partial charge is 0.322 e. The van der Waals surface area contributed by atoms with Gasteiger partial charge in [0.25, 0.3) is 5.91 Å². The molecule has 1 aromatic carbocycles. The number of rotatable bonds is 4. The van der Waals surface area contributed by atoms with Crippen LogP contribution in [0.15, 0.2) is 47.6 Å². The van der Waals surface area contributed by atoms with Gasteiger partial charge >= 0.3 is 0 Å². The van der Waals surface area contributed by atoms with E-state index in [4.69, 9.17) is 11.6 Å². The number of nitrogens with one attached hydrogen (secondary N) is 1. The lowest BCUT2D eigenvalue weighted by Crippen LogP contribution is -2.33. The molecule has 1 aliphatic heterocycles. The number of hydrogen-bond donors (Lipinski definition) is 1. The van der Waals surface area contributed by atoms with Crippen LogP contribution in [0.25, 0.3) is 0 Å². The molecule has 0 unspecified atom stereocenters. The van der Waals surface area contributed by atoms with Gasteiger partial charge in [-0.05, 0) is 38.1 Å². The molecule has 0 fully saturated rings. The number of anilines is 2. The molecule has 8 heteroatoms. The van der Waals surface area contributed by atoms with Crippen molar-refractivity contribution in [1.29, 1.82) is 0 Å². The summed E-state index contributed by atoms with van der Waals surface area (Å²) < 4.78 is 0. The fourth-order valence-electron chi connectivity index (χ4n) is 2.35. The summed E-state index contributed by atoms with van der Waals surface area (Å²) in [7, 11) is 0. The topological polar surface area (TPSA) is 74.7 Å². The fraction of sp³-hybridized carbons (Fsp3) is 0.222. The first kappa shape index (κ1) is 18.4. The number of aromatic nitrogens is 1.